The van der Waals surface area contributed by atoms with Gasteiger partial charge in [0, 0.05) is 12.7 Å². The molecule has 134 valence electrons. The quantitative estimate of drug-likeness (QED) is 0.853. The van der Waals surface area contributed by atoms with Gasteiger partial charge in [0.2, 0.25) is 0 Å². The van der Waals surface area contributed by atoms with Crippen LogP contribution in [-0.2, 0) is 4.74 Å². The van der Waals surface area contributed by atoms with Gasteiger partial charge in [0.1, 0.15) is 6.61 Å². The first-order valence-corrected chi connectivity index (χ1v) is 7.97. The third-order valence-electron chi connectivity index (χ3n) is 3.37. The van der Waals surface area contributed by atoms with Crippen LogP contribution < -0.4 is 5.32 Å². The van der Waals surface area contributed by atoms with Crippen LogP contribution in [0.1, 0.15) is 0 Å². The first kappa shape index (κ1) is 17.8. The average Bonchev–Trinajstić information content (AvgIpc) is 2.89. The minimum absolute atomic E-state index is 0.0482. The summed E-state index contributed by atoms with van der Waals surface area (Å²) in [5.74, 6) is -2.76. The Morgan fingerprint density at radius 3 is 2.92 bits per heavy atom. The molecule has 1 fully saturated rings. The number of hydrogen-bond donors (Lipinski definition) is 1. The average molecular weight is 392 g/mol. The lowest BCUT2D eigenvalue weighted by Crippen LogP contribution is -2.43. The van der Waals surface area contributed by atoms with E-state index in [9.17, 15) is 13.6 Å². The molecule has 0 unspecified atom stereocenters. The maximum atomic E-state index is 13.5. The molecule has 1 aliphatic rings. The van der Waals surface area contributed by atoms with Crippen LogP contribution in [0, 0.1) is 0 Å². The minimum Gasteiger partial charge on any atom is -0.373 e. The number of anilines is 1. The van der Waals surface area contributed by atoms with Crippen LogP contribution in [0.3, 0.4) is 0 Å². The zero-order chi connectivity index (χ0) is 18.0. The highest BCUT2D eigenvalue weighted by molar-refractivity contribution is 6.35. The lowest BCUT2D eigenvalue weighted by atomic mass is 10.3. The highest BCUT2D eigenvalue weighted by atomic mass is 35.5. The summed E-state index contributed by atoms with van der Waals surface area (Å²) in [7, 11) is 0. The van der Waals surface area contributed by atoms with Gasteiger partial charge in [0.15, 0.2) is 5.82 Å². The largest absolute Gasteiger partial charge is 0.373 e. The van der Waals surface area contributed by atoms with Gasteiger partial charge in [-0.3, -0.25) is 0 Å². The Morgan fingerprint density at radius 1 is 1.36 bits per heavy atom. The van der Waals surface area contributed by atoms with E-state index in [0.717, 1.165) is 4.90 Å². The van der Waals surface area contributed by atoms with Crippen LogP contribution in [0.15, 0.2) is 24.7 Å². The van der Waals surface area contributed by atoms with Gasteiger partial charge in [-0.15, -0.1) is 0 Å². The maximum Gasteiger partial charge on any atom is 0.322 e. The molecule has 0 bridgehead atoms. The molecule has 2 amide bonds. The third kappa shape index (κ3) is 4.36. The molecule has 0 atom stereocenters. The Morgan fingerprint density at radius 2 is 2.16 bits per heavy atom. The van der Waals surface area contributed by atoms with Crippen molar-refractivity contribution in [2.75, 3.05) is 31.6 Å². The fraction of sp³-hybridized carbons (Fsp3) is 0.357. The summed E-state index contributed by atoms with van der Waals surface area (Å²) >= 11 is 11.8. The van der Waals surface area contributed by atoms with Crippen molar-refractivity contribution in [3.63, 3.8) is 0 Å². The van der Waals surface area contributed by atoms with E-state index in [-0.39, 0.29) is 18.2 Å². The van der Waals surface area contributed by atoms with Crippen LogP contribution in [0.5, 0.6) is 0 Å². The van der Waals surface area contributed by atoms with Crippen LogP contribution in [-0.4, -0.2) is 57.9 Å². The number of ether oxygens (including phenoxy) is 1. The first-order valence-electron chi connectivity index (χ1n) is 7.22. The van der Waals surface area contributed by atoms with Crippen molar-refractivity contribution in [3.05, 3.63) is 34.7 Å². The van der Waals surface area contributed by atoms with Gasteiger partial charge in [0.05, 0.1) is 41.3 Å². The number of hydrogen-bond acceptors (Lipinski definition) is 4. The normalized spacial score (nSPS) is 17.2. The molecule has 2 aromatic heterocycles. The molecule has 25 heavy (non-hydrogen) atoms. The number of nitrogens with zero attached hydrogens (tertiary/aromatic N) is 4. The first-order chi connectivity index (χ1) is 11.8. The van der Waals surface area contributed by atoms with Crippen molar-refractivity contribution >= 4 is 34.9 Å². The van der Waals surface area contributed by atoms with Crippen molar-refractivity contribution < 1.29 is 18.3 Å². The number of rotatable bonds is 2. The summed E-state index contributed by atoms with van der Waals surface area (Å²) < 4.78 is 33.2. The van der Waals surface area contributed by atoms with E-state index in [1.807, 2.05) is 0 Å². The second-order valence-electron chi connectivity index (χ2n) is 5.39. The molecular formula is C14H13Cl2F2N5O2. The van der Waals surface area contributed by atoms with E-state index in [1.54, 1.807) is 0 Å². The van der Waals surface area contributed by atoms with Gasteiger partial charge in [-0.25, -0.2) is 23.2 Å². The van der Waals surface area contributed by atoms with Crippen LogP contribution in [0.2, 0.25) is 10.0 Å². The van der Waals surface area contributed by atoms with Gasteiger partial charge in [-0.1, -0.05) is 23.2 Å². The smallest absolute Gasteiger partial charge is 0.322 e. The SMILES string of the molecule is O=C(Nc1cnn(-c2ncc(Cl)cc2Cl)c1)N1CCOCC(F)(F)C1. The summed E-state index contributed by atoms with van der Waals surface area (Å²) in [5.41, 5.74) is 0.311. The molecular weight excluding hydrogens is 379 g/mol. The Kier molecular flexibility index (Phi) is 5.07. The number of urea groups is 1. The molecule has 3 rings (SSSR count). The Labute approximate surface area is 151 Å². The van der Waals surface area contributed by atoms with Crippen molar-refractivity contribution in [2.45, 2.75) is 5.92 Å². The molecule has 1 N–H and O–H groups in total. The van der Waals surface area contributed by atoms with Crippen molar-refractivity contribution in [3.8, 4) is 5.82 Å². The van der Waals surface area contributed by atoms with Gasteiger partial charge in [0.25, 0.3) is 5.92 Å². The Bertz CT molecular complexity index is 786. The lowest BCUT2D eigenvalue weighted by Gasteiger charge is -2.23. The van der Waals surface area contributed by atoms with Gasteiger partial charge in [-0.05, 0) is 6.07 Å². The fourth-order valence-electron chi connectivity index (χ4n) is 2.26. The van der Waals surface area contributed by atoms with E-state index < -0.39 is 25.1 Å². The highest BCUT2D eigenvalue weighted by Gasteiger charge is 2.36. The molecule has 3 heterocycles. The van der Waals surface area contributed by atoms with E-state index >= 15 is 0 Å². The van der Waals surface area contributed by atoms with Crippen molar-refractivity contribution in [2.24, 2.45) is 0 Å². The monoisotopic (exact) mass is 391 g/mol. The topological polar surface area (TPSA) is 72.3 Å². The summed E-state index contributed by atoms with van der Waals surface area (Å²) in [6.07, 6.45) is 4.23. The highest BCUT2D eigenvalue weighted by Crippen LogP contribution is 2.23. The van der Waals surface area contributed by atoms with Crippen LogP contribution in [0.4, 0.5) is 19.3 Å². The molecule has 0 aliphatic carbocycles. The number of nitrogens with one attached hydrogen (secondary N) is 1. The van der Waals surface area contributed by atoms with Gasteiger partial charge >= 0.3 is 6.03 Å². The number of carbonyl (C=O) groups is 1. The predicted octanol–water partition coefficient (Wildman–Crippen LogP) is 3.07. The number of alkyl halides is 2. The van der Waals surface area contributed by atoms with E-state index in [4.69, 9.17) is 27.9 Å². The van der Waals surface area contributed by atoms with E-state index in [2.05, 4.69) is 15.4 Å². The van der Waals surface area contributed by atoms with Crippen molar-refractivity contribution in [1.82, 2.24) is 19.7 Å². The minimum atomic E-state index is -3.08. The molecule has 11 heteroatoms. The predicted molar refractivity (Wildman–Crippen MR) is 87.7 cm³/mol. The number of amides is 2. The standard InChI is InChI=1S/C14H13Cl2F2N5O2/c15-9-3-11(16)12(19-4-9)23-6-10(5-20-23)21-13(24)22-1-2-25-8-14(17,18)7-22/h3-6H,1-2,7-8H2,(H,21,24). The summed E-state index contributed by atoms with van der Waals surface area (Å²) in [6.45, 7) is -1.29. The van der Waals surface area contributed by atoms with E-state index in [0.29, 0.717) is 16.5 Å². The molecule has 0 aromatic carbocycles. The number of carbonyl (C=O) groups excluding carboxylic acids is 1. The number of pyridine rings is 1. The zero-order valence-electron chi connectivity index (χ0n) is 12.8. The Hall–Kier alpha value is -1.97. The molecule has 1 saturated heterocycles. The van der Waals surface area contributed by atoms with Gasteiger partial charge in [-0.2, -0.15) is 5.10 Å². The van der Waals surface area contributed by atoms with Crippen LogP contribution in [0.25, 0.3) is 5.82 Å². The molecule has 0 spiro atoms. The molecule has 0 saturated carbocycles. The van der Waals surface area contributed by atoms with E-state index in [1.165, 1.54) is 29.3 Å². The van der Waals surface area contributed by atoms with Crippen molar-refractivity contribution in [1.29, 1.82) is 0 Å². The molecule has 0 radical (unpaired) electrons. The molecule has 2 aromatic rings. The summed E-state index contributed by atoms with van der Waals surface area (Å²) in [6, 6.07) is 0.838. The second-order valence-corrected chi connectivity index (χ2v) is 6.24. The fourth-order valence-corrected chi connectivity index (χ4v) is 2.72. The molecule has 1 aliphatic heterocycles. The molecule has 7 nitrogen and oxygen atoms in total. The summed E-state index contributed by atoms with van der Waals surface area (Å²) in [5, 5.41) is 7.21. The van der Waals surface area contributed by atoms with Gasteiger partial charge < -0.3 is 15.0 Å². The third-order valence-corrected chi connectivity index (χ3v) is 3.85. The zero-order valence-corrected chi connectivity index (χ0v) is 14.3. The van der Waals surface area contributed by atoms with Crippen LogP contribution >= 0.6 is 23.2 Å². The Balaban J connectivity index is 1.71. The summed E-state index contributed by atoms with van der Waals surface area (Å²) in [4.78, 5) is 17.3. The lowest BCUT2D eigenvalue weighted by molar-refractivity contribution is -0.0648. The number of aromatic nitrogens is 3. The number of halogens is 4. The maximum absolute atomic E-state index is 13.5. The second kappa shape index (κ2) is 7.11.